The minimum Gasteiger partial charge on any atom is -0.267 e. The summed E-state index contributed by atoms with van der Waals surface area (Å²) in [5.74, 6) is -0.833. The van der Waals surface area contributed by atoms with Crippen LogP contribution in [0.4, 0.5) is 4.39 Å². The molecule has 1 aromatic heterocycles. The minimum absolute atomic E-state index is 0.186. The summed E-state index contributed by atoms with van der Waals surface area (Å²) < 4.78 is 16.8. The molecular weight excluding hydrogens is 353 g/mol. The quantitative estimate of drug-likeness (QED) is 0.777. The van der Waals surface area contributed by atoms with E-state index in [1.165, 1.54) is 16.7 Å². The van der Waals surface area contributed by atoms with Gasteiger partial charge in [0.2, 0.25) is 4.80 Å². The highest BCUT2D eigenvalue weighted by Gasteiger charge is 2.08. The maximum absolute atomic E-state index is 13.0. The van der Waals surface area contributed by atoms with Crippen LogP contribution in [0.3, 0.4) is 0 Å². The Morgan fingerprint density at radius 2 is 1.83 bits per heavy atom. The zero-order valence-electron chi connectivity index (χ0n) is 12.2. The van der Waals surface area contributed by atoms with Gasteiger partial charge in [0.25, 0.3) is 5.91 Å². The van der Waals surface area contributed by atoms with Crippen LogP contribution in [-0.2, 0) is 6.54 Å². The van der Waals surface area contributed by atoms with Gasteiger partial charge in [-0.15, -0.1) is 0 Å². The highest BCUT2D eigenvalue weighted by molar-refractivity contribution is 7.02. The number of rotatable bonds is 3. The van der Waals surface area contributed by atoms with Crippen LogP contribution < -0.4 is 10.5 Å². The number of H-pyrrole nitrogens is 1. The van der Waals surface area contributed by atoms with Crippen molar-refractivity contribution in [3.63, 3.8) is 0 Å². The standard InChI is InChI=1S/C16H11ClFN3O2S/c17-12-5-3-11(4-6-12)14(22)19-16-21(15(23)20-24-16)9-10-1-7-13(18)8-2-10/h1-8H,9H2,(H,20,23). The number of hydrogen-bond donors (Lipinski definition) is 1. The summed E-state index contributed by atoms with van der Waals surface area (Å²) in [7, 11) is 0. The molecule has 5 nitrogen and oxygen atoms in total. The Labute approximate surface area is 144 Å². The van der Waals surface area contributed by atoms with Crippen LogP contribution in [0.15, 0.2) is 58.3 Å². The molecule has 0 aliphatic heterocycles. The number of nitrogens with one attached hydrogen (secondary N) is 1. The third-order valence-corrected chi connectivity index (χ3v) is 4.27. The lowest BCUT2D eigenvalue weighted by atomic mass is 10.2. The van der Waals surface area contributed by atoms with Crippen LogP contribution in [0, 0.1) is 5.82 Å². The lowest BCUT2D eigenvalue weighted by Gasteiger charge is -2.01. The fourth-order valence-electron chi connectivity index (χ4n) is 2.03. The predicted octanol–water partition coefficient (Wildman–Crippen LogP) is 2.82. The van der Waals surface area contributed by atoms with Gasteiger partial charge in [-0.25, -0.2) is 9.18 Å². The van der Waals surface area contributed by atoms with E-state index in [0.717, 1.165) is 17.1 Å². The third kappa shape index (κ3) is 3.69. The summed E-state index contributed by atoms with van der Waals surface area (Å²) in [6.45, 7) is 0.186. The second-order valence-corrected chi connectivity index (χ2v) is 6.14. The Balaban J connectivity index is 1.94. The summed E-state index contributed by atoms with van der Waals surface area (Å²) in [6.07, 6.45) is 0. The van der Waals surface area contributed by atoms with Crippen LogP contribution in [0.5, 0.6) is 0 Å². The first-order valence-electron chi connectivity index (χ1n) is 6.90. The first-order valence-corrected chi connectivity index (χ1v) is 8.10. The van der Waals surface area contributed by atoms with Crippen molar-refractivity contribution in [1.82, 2.24) is 8.94 Å². The lowest BCUT2D eigenvalue weighted by Crippen LogP contribution is -2.28. The van der Waals surface area contributed by atoms with Crippen molar-refractivity contribution in [3.8, 4) is 0 Å². The SMILES string of the molecule is O=C(N=c1s[nH]c(=O)n1Cc1ccc(F)cc1)c1ccc(Cl)cc1. The molecule has 0 fully saturated rings. The molecule has 0 atom stereocenters. The molecule has 0 radical (unpaired) electrons. The fourth-order valence-corrected chi connectivity index (χ4v) is 2.83. The van der Waals surface area contributed by atoms with Gasteiger partial charge in [0.05, 0.1) is 6.54 Å². The summed E-state index contributed by atoms with van der Waals surface area (Å²) in [5.41, 5.74) is 0.709. The van der Waals surface area contributed by atoms with Crippen molar-refractivity contribution < 1.29 is 9.18 Å². The van der Waals surface area contributed by atoms with E-state index < -0.39 is 5.91 Å². The topological polar surface area (TPSA) is 67.2 Å². The van der Waals surface area contributed by atoms with Crippen molar-refractivity contribution in [3.05, 3.63) is 85.8 Å². The summed E-state index contributed by atoms with van der Waals surface area (Å²) in [4.78, 5) is 28.4. The Morgan fingerprint density at radius 1 is 1.17 bits per heavy atom. The third-order valence-electron chi connectivity index (χ3n) is 3.25. The van der Waals surface area contributed by atoms with Crippen molar-refractivity contribution in [2.45, 2.75) is 6.54 Å². The highest BCUT2D eigenvalue weighted by atomic mass is 35.5. The van der Waals surface area contributed by atoms with Gasteiger partial charge >= 0.3 is 5.69 Å². The van der Waals surface area contributed by atoms with Crippen molar-refractivity contribution in [1.29, 1.82) is 0 Å². The number of carbonyl (C=O) groups is 1. The molecule has 0 saturated carbocycles. The smallest absolute Gasteiger partial charge is 0.267 e. The Kier molecular flexibility index (Phi) is 4.73. The normalized spacial score (nSPS) is 11.7. The van der Waals surface area contributed by atoms with Gasteiger partial charge < -0.3 is 0 Å². The summed E-state index contributed by atoms with van der Waals surface area (Å²) in [5, 5.41) is 0.518. The van der Waals surface area contributed by atoms with E-state index in [4.69, 9.17) is 11.6 Å². The Bertz CT molecular complexity index is 988. The van der Waals surface area contributed by atoms with Gasteiger partial charge in [-0.2, -0.15) is 4.99 Å². The van der Waals surface area contributed by atoms with Crippen molar-refractivity contribution >= 4 is 29.0 Å². The maximum Gasteiger partial charge on any atom is 0.337 e. The van der Waals surface area contributed by atoms with Gasteiger partial charge in [-0.05, 0) is 53.5 Å². The average Bonchev–Trinajstić information content (AvgIpc) is 2.90. The zero-order chi connectivity index (χ0) is 17.1. The number of aromatic amines is 1. The van der Waals surface area contributed by atoms with Crippen LogP contribution in [0.1, 0.15) is 15.9 Å². The van der Waals surface area contributed by atoms with Gasteiger partial charge in [0, 0.05) is 10.6 Å². The molecular formula is C16H11ClFN3O2S. The summed E-state index contributed by atoms with van der Waals surface area (Å²) >= 11 is 6.75. The van der Waals surface area contributed by atoms with Gasteiger partial charge in [0.1, 0.15) is 5.82 Å². The molecule has 0 bridgehead atoms. The van der Waals surface area contributed by atoms with Crippen molar-refractivity contribution in [2.24, 2.45) is 4.99 Å². The maximum atomic E-state index is 13.0. The van der Waals surface area contributed by atoms with Crippen LogP contribution in [0.2, 0.25) is 5.02 Å². The van der Waals surface area contributed by atoms with Gasteiger partial charge in [-0.3, -0.25) is 13.7 Å². The molecule has 8 heteroatoms. The number of nitrogens with zero attached hydrogens (tertiary/aromatic N) is 2. The number of hydrogen-bond acceptors (Lipinski definition) is 3. The number of aromatic nitrogens is 2. The molecule has 0 unspecified atom stereocenters. The first kappa shape index (κ1) is 16.4. The van der Waals surface area contributed by atoms with Crippen LogP contribution >= 0.6 is 23.1 Å². The highest BCUT2D eigenvalue weighted by Crippen LogP contribution is 2.10. The molecule has 1 heterocycles. The molecule has 122 valence electrons. The minimum atomic E-state index is -0.477. The molecule has 1 N–H and O–H groups in total. The average molecular weight is 364 g/mol. The molecule has 3 rings (SSSR count). The zero-order valence-corrected chi connectivity index (χ0v) is 13.8. The predicted molar refractivity (Wildman–Crippen MR) is 89.8 cm³/mol. The molecule has 2 aromatic carbocycles. The molecule has 0 aliphatic rings. The molecule has 3 aromatic rings. The number of halogens is 2. The van der Waals surface area contributed by atoms with E-state index in [2.05, 4.69) is 9.37 Å². The Hall–Kier alpha value is -2.51. The molecule has 1 amide bonds. The van der Waals surface area contributed by atoms with E-state index in [0.29, 0.717) is 10.6 Å². The number of amides is 1. The molecule has 0 aliphatic carbocycles. The summed E-state index contributed by atoms with van der Waals surface area (Å²) in [6, 6.07) is 12.1. The van der Waals surface area contributed by atoms with Gasteiger partial charge in [0.15, 0.2) is 0 Å². The first-order chi connectivity index (χ1) is 11.5. The van der Waals surface area contributed by atoms with E-state index in [1.807, 2.05) is 0 Å². The van der Waals surface area contributed by atoms with Crippen LogP contribution in [0.25, 0.3) is 0 Å². The van der Waals surface area contributed by atoms with Gasteiger partial charge in [-0.1, -0.05) is 23.7 Å². The second-order valence-electron chi connectivity index (χ2n) is 4.93. The second kappa shape index (κ2) is 6.94. The largest absolute Gasteiger partial charge is 0.337 e. The van der Waals surface area contributed by atoms with E-state index in [-0.39, 0.29) is 22.9 Å². The number of carbonyl (C=O) groups excluding carboxylic acids is 1. The monoisotopic (exact) mass is 363 g/mol. The molecule has 0 saturated heterocycles. The van der Waals surface area contributed by atoms with E-state index in [9.17, 15) is 14.0 Å². The van der Waals surface area contributed by atoms with Crippen molar-refractivity contribution in [2.75, 3.05) is 0 Å². The van der Waals surface area contributed by atoms with E-state index >= 15 is 0 Å². The molecule has 24 heavy (non-hydrogen) atoms. The lowest BCUT2D eigenvalue weighted by molar-refractivity contribution is 0.0998. The Morgan fingerprint density at radius 3 is 2.50 bits per heavy atom. The van der Waals surface area contributed by atoms with Crippen LogP contribution in [-0.4, -0.2) is 14.8 Å². The number of benzene rings is 2. The fraction of sp³-hybridized carbons (Fsp3) is 0.0625. The van der Waals surface area contributed by atoms with E-state index in [1.54, 1.807) is 36.4 Å². The molecule has 0 spiro atoms.